The van der Waals surface area contributed by atoms with Crippen LogP contribution in [0, 0.1) is 0 Å². The maximum Gasteiger partial charge on any atom is 0.321 e. The highest BCUT2D eigenvalue weighted by molar-refractivity contribution is 9.10. The van der Waals surface area contributed by atoms with E-state index in [0.29, 0.717) is 0 Å². The fraction of sp³-hybridized carbons (Fsp3) is 0.174. The van der Waals surface area contributed by atoms with Crippen molar-refractivity contribution in [3.8, 4) is 5.75 Å². The molecule has 0 aliphatic heterocycles. The van der Waals surface area contributed by atoms with Crippen LogP contribution in [-0.4, -0.2) is 76.5 Å². The molecule has 2 atom stereocenters. The first-order valence-electron chi connectivity index (χ1n) is 11.6. The number of nitrogen functional groups attached to an aromatic ring is 1. The molecule has 43 heavy (non-hydrogen) atoms. The smallest absolute Gasteiger partial charge is 0.321 e. The molecular formula is C23H22BrN5O12S2. The predicted octanol–water partition coefficient (Wildman–Crippen LogP) is 2.26. The van der Waals surface area contributed by atoms with E-state index in [4.69, 9.17) is 15.9 Å². The second-order valence-electron chi connectivity index (χ2n) is 8.73. The van der Waals surface area contributed by atoms with Gasteiger partial charge < -0.3 is 31.7 Å². The third kappa shape index (κ3) is 8.43. The minimum atomic E-state index is -4.97. The van der Waals surface area contributed by atoms with Crippen LogP contribution in [0.4, 0.5) is 22.7 Å². The summed E-state index contributed by atoms with van der Waals surface area (Å²) in [5.41, 5.74) is 5.11. The fourth-order valence-electron chi connectivity index (χ4n) is 3.64. The third-order valence-corrected chi connectivity index (χ3v) is 8.09. The summed E-state index contributed by atoms with van der Waals surface area (Å²) in [6, 6.07) is 6.03. The lowest BCUT2D eigenvalue weighted by molar-refractivity contribution is -0.145. The minimum Gasteiger partial charge on any atom is -0.507 e. The number of nitrogens with two attached hydrogens (primary N) is 1. The maximum atomic E-state index is 12.5. The third-order valence-electron chi connectivity index (χ3n) is 5.64. The number of aromatic hydroxyl groups is 1. The summed E-state index contributed by atoms with van der Waals surface area (Å²) >= 11 is 3.02. The van der Waals surface area contributed by atoms with Crippen LogP contribution in [0.15, 0.2) is 62.5 Å². The van der Waals surface area contributed by atoms with Gasteiger partial charge in [-0.25, -0.2) is 0 Å². The zero-order valence-corrected chi connectivity index (χ0v) is 24.6. The number of carbonyl (C=O) groups is 3. The quantitative estimate of drug-likeness (QED) is 0.0581. The summed E-state index contributed by atoms with van der Waals surface area (Å²) in [5, 5.41) is 40.8. The van der Waals surface area contributed by atoms with E-state index >= 15 is 0 Å². The number of anilines is 2. The van der Waals surface area contributed by atoms with E-state index in [9.17, 15) is 45.4 Å². The van der Waals surface area contributed by atoms with E-state index in [1.165, 1.54) is 18.2 Å². The molecule has 1 amide bonds. The Morgan fingerprint density at radius 3 is 2.21 bits per heavy atom. The largest absolute Gasteiger partial charge is 0.507 e. The van der Waals surface area contributed by atoms with Crippen LogP contribution in [0.5, 0.6) is 5.75 Å². The van der Waals surface area contributed by atoms with Gasteiger partial charge in [0.25, 0.3) is 20.2 Å². The lowest BCUT2D eigenvalue weighted by Crippen LogP contribution is -2.43. The molecule has 0 radical (unpaired) electrons. The molecule has 0 aliphatic carbocycles. The van der Waals surface area contributed by atoms with Crippen LogP contribution in [0.2, 0.25) is 0 Å². The van der Waals surface area contributed by atoms with E-state index in [2.05, 4.69) is 36.8 Å². The van der Waals surface area contributed by atoms with Crippen molar-refractivity contribution >= 4 is 87.5 Å². The molecule has 3 aromatic carbocycles. The molecule has 0 saturated heterocycles. The maximum absolute atomic E-state index is 12.5. The highest BCUT2D eigenvalue weighted by Gasteiger charge is 2.24. The standard InChI is InChI=1S/C23H22BrN5O12S2/c24-13(9-26-16(23(34)35)8-19(31)32)22(33)27-11-2-4-15(18(6-11)43(39,40)41)28-29-21-14(25)3-1-10-5-12(42(36,37)38)7-17(30)20(10)21/h1-7,13,16,26,30H,8-9,25H2,(H,27,33)(H,31,32)(H,34,35)(H,36,37,38)(H,39,40,41). The minimum absolute atomic E-state index is 0.0612. The number of hydrogen-bond acceptors (Lipinski definition) is 12. The second kappa shape index (κ2) is 13.0. The first-order valence-corrected chi connectivity index (χ1v) is 15.4. The van der Waals surface area contributed by atoms with Crippen molar-refractivity contribution in [3.05, 3.63) is 42.5 Å². The number of phenolic OH excluding ortho intramolecular Hbond substituents is 1. The molecular weight excluding hydrogens is 682 g/mol. The van der Waals surface area contributed by atoms with Gasteiger partial charge in [0.1, 0.15) is 32.9 Å². The van der Waals surface area contributed by atoms with Crippen LogP contribution in [-0.2, 0) is 34.6 Å². The van der Waals surface area contributed by atoms with E-state index in [1.807, 2.05) is 0 Å². The summed E-state index contributed by atoms with van der Waals surface area (Å²) in [6.07, 6.45) is -0.750. The molecule has 3 rings (SSSR count). The van der Waals surface area contributed by atoms with Gasteiger partial charge in [0.05, 0.1) is 22.4 Å². The van der Waals surface area contributed by atoms with Crippen molar-refractivity contribution < 1.29 is 55.6 Å². The highest BCUT2D eigenvalue weighted by Crippen LogP contribution is 2.41. The van der Waals surface area contributed by atoms with Crippen LogP contribution >= 0.6 is 15.9 Å². The lowest BCUT2D eigenvalue weighted by Gasteiger charge is -2.16. The molecule has 20 heteroatoms. The number of aliphatic carboxylic acids is 2. The van der Waals surface area contributed by atoms with Gasteiger partial charge in [-0.2, -0.15) is 16.8 Å². The summed E-state index contributed by atoms with van der Waals surface area (Å²) in [7, 11) is -9.64. The van der Waals surface area contributed by atoms with E-state index < -0.39 is 76.6 Å². The van der Waals surface area contributed by atoms with Crippen molar-refractivity contribution in [2.24, 2.45) is 10.2 Å². The van der Waals surface area contributed by atoms with Crippen molar-refractivity contribution in [1.82, 2.24) is 5.32 Å². The van der Waals surface area contributed by atoms with Crippen LogP contribution in [0.3, 0.4) is 0 Å². The molecule has 0 spiro atoms. The zero-order chi connectivity index (χ0) is 32.3. The number of rotatable bonds is 12. The number of nitrogens with one attached hydrogen (secondary N) is 2. The number of benzene rings is 3. The molecule has 0 saturated carbocycles. The van der Waals surface area contributed by atoms with Crippen molar-refractivity contribution in [2.75, 3.05) is 17.6 Å². The van der Waals surface area contributed by atoms with Gasteiger partial charge in [0.2, 0.25) is 5.91 Å². The Bertz CT molecular complexity index is 1870. The highest BCUT2D eigenvalue weighted by atomic mass is 79.9. The van der Waals surface area contributed by atoms with Gasteiger partial charge in [-0.1, -0.05) is 22.0 Å². The molecule has 9 N–H and O–H groups in total. The zero-order valence-electron chi connectivity index (χ0n) is 21.4. The molecule has 0 aliphatic rings. The van der Waals surface area contributed by atoms with Gasteiger partial charge in [0, 0.05) is 18.3 Å². The normalized spacial score (nSPS) is 13.6. The molecule has 0 aromatic heterocycles. The Hall–Kier alpha value is -4.21. The predicted molar refractivity (Wildman–Crippen MR) is 153 cm³/mol. The summed E-state index contributed by atoms with van der Waals surface area (Å²) < 4.78 is 66.3. The van der Waals surface area contributed by atoms with Crippen LogP contribution in [0.25, 0.3) is 10.8 Å². The first-order chi connectivity index (χ1) is 19.9. The first kappa shape index (κ1) is 33.3. The monoisotopic (exact) mass is 703 g/mol. The molecule has 3 aromatic rings. The van der Waals surface area contributed by atoms with Gasteiger partial charge in [0.15, 0.2) is 0 Å². The number of carboxylic acid groups (broad SMARTS) is 2. The SMILES string of the molecule is Nc1ccc2cc(S(=O)(=O)O)cc(O)c2c1N=Nc1ccc(NC(=O)C(Br)CNC(CC(=O)O)C(=O)O)cc1S(=O)(=O)O. The Morgan fingerprint density at radius 2 is 1.63 bits per heavy atom. The van der Waals surface area contributed by atoms with Gasteiger partial charge >= 0.3 is 11.9 Å². The Labute approximate surface area is 251 Å². The van der Waals surface area contributed by atoms with E-state index in [1.54, 1.807) is 0 Å². The van der Waals surface area contributed by atoms with Gasteiger partial charge in [-0.15, -0.1) is 10.2 Å². The number of halogens is 1. The van der Waals surface area contributed by atoms with Gasteiger partial charge in [-0.3, -0.25) is 23.5 Å². The van der Waals surface area contributed by atoms with E-state index in [-0.39, 0.29) is 34.4 Å². The average Bonchev–Trinajstić information content (AvgIpc) is 2.89. The van der Waals surface area contributed by atoms with Crippen molar-refractivity contribution in [3.63, 3.8) is 0 Å². The second-order valence-corrected chi connectivity index (χ2v) is 12.6. The van der Waals surface area contributed by atoms with Crippen LogP contribution < -0.4 is 16.4 Å². The molecule has 2 unspecified atom stereocenters. The van der Waals surface area contributed by atoms with Gasteiger partial charge in [-0.05, 0) is 35.7 Å². The number of carboxylic acids is 2. The summed E-state index contributed by atoms with van der Waals surface area (Å²) in [6.45, 7) is -0.321. The number of amides is 1. The Kier molecular flexibility index (Phi) is 10.0. The molecule has 0 bridgehead atoms. The molecule has 0 fully saturated rings. The Balaban J connectivity index is 1.91. The number of nitrogens with zero attached hydrogens (tertiary/aromatic N) is 2. The summed E-state index contributed by atoms with van der Waals surface area (Å²) in [4.78, 5) is 32.0. The molecule has 230 valence electrons. The lowest BCUT2D eigenvalue weighted by atomic mass is 10.1. The van der Waals surface area contributed by atoms with Crippen LogP contribution in [0.1, 0.15) is 6.42 Å². The number of carbonyl (C=O) groups excluding carboxylic acids is 1. The summed E-state index contributed by atoms with van der Waals surface area (Å²) in [5.74, 6) is -4.26. The number of phenols is 1. The van der Waals surface area contributed by atoms with E-state index in [0.717, 1.165) is 24.3 Å². The van der Waals surface area contributed by atoms with Crippen molar-refractivity contribution in [2.45, 2.75) is 27.1 Å². The molecule has 0 heterocycles. The molecule has 17 nitrogen and oxygen atoms in total. The number of fused-ring (bicyclic) bond motifs is 1. The topological polar surface area (TPSA) is 295 Å². The number of hydrogen-bond donors (Lipinski definition) is 8. The Morgan fingerprint density at radius 1 is 0.953 bits per heavy atom. The van der Waals surface area contributed by atoms with Crippen molar-refractivity contribution in [1.29, 1.82) is 0 Å². The average molecular weight is 704 g/mol. The number of alkyl halides is 1. The number of azo groups is 1. The fourth-order valence-corrected chi connectivity index (χ4v) is 5.12.